The summed E-state index contributed by atoms with van der Waals surface area (Å²) >= 11 is 1.34. The predicted molar refractivity (Wildman–Crippen MR) is 75.5 cm³/mol. The molecule has 0 saturated heterocycles. The summed E-state index contributed by atoms with van der Waals surface area (Å²) < 4.78 is 0. The van der Waals surface area contributed by atoms with E-state index in [1.54, 1.807) is 7.05 Å². The zero-order chi connectivity index (χ0) is 13.0. The third-order valence-corrected chi connectivity index (χ3v) is 3.55. The van der Waals surface area contributed by atoms with Crippen molar-refractivity contribution < 1.29 is 0 Å². The second kappa shape index (κ2) is 5.52. The maximum absolute atomic E-state index is 9.04. The molecule has 0 amide bonds. The second-order valence-corrected chi connectivity index (χ2v) is 4.73. The standard InChI is InChI=1S/C13H14N4S/c1-3-9-4-6-10(7-5-9)16-12-11(8-14)18-13(15-2)17-12/h4-7,16H,3H2,1-2H3,(H,15,17). The lowest BCUT2D eigenvalue weighted by Gasteiger charge is -2.04. The van der Waals surface area contributed by atoms with Gasteiger partial charge >= 0.3 is 0 Å². The van der Waals surface area contributed by atoms with Gasteiger partial charge in [0.1, 0.15) is 6.07 Å². The molecule has 0 unspecified atom stereocenters. The first-order valence-electron chi connectivity index (χ1n) is 5.71. The number of rotatable bonds is 4. The van der Waals surface area contributed by atoms with Crippen LogP contribution in [0, 0.1) is 11.3 Å². The maximum Gasteiger partial charge on any atom is 0.185 e. The van der Waals surface area contributed by atoms with Crippen molar-refractivity contribution in [2.45, 2.75) is 13.3 Å². The van der Waals surface area contributed by atoms with Crippen molar-refractivity contribution in [3.8, 4) is 6.07 Å². The zero-order valence-corrected chi connectivity index (χ0v) is 11.1. The summed E-state index contributed by atoms with van der Waals surface area (Å²) in [5, 5.41) is 15.9. The number of nitrogens with zero attached hydrogens (tertiary/aromatic N) is 2. The first kappa shape index (κ1) is 12.4. The zero-order valence-electron chi connectivity index (χ0n) is 10.3. The normalized spacial score (nSPS) is 9.83. The Kier molecular flexibility index (Phi) is 3.80. The molecule has 0 spiro atoms. The van der Waals surface area contributed by atoms with E-state index >= 15 is 0 Å². The highest BCUT2D eigenvalue weighted by molar-refractivity contribution is 7.16. The Morgan fingerprint density at radius 1 is 1.33 bits per heavy atom. The van der Waals surface area contributed by atoms with Crippen LogP contribution in [0.5, 0.6) is 0 Å². The topological polar surface area (TPSA) is 60.7 Å². The van der Waals surface area contributed by atoms with Gasteiger partial charge in [0, 0.05) is 12.7 Å². The van der Waals surface area contributed by atoms with Crippen molar-refractivity contribution in [2.24, 2.45) is 0 Å². The average molecular weight is 258 g/mol. The summed E-state index contributed by atoms with van der Waals surface area (Å²) in [6, 6.07) is 10.3. The molecule has 1 aromatic carbocycles. The Morgan fingerprint density at radius 2 is 2.06 bits per heavy atom. The van der Waals surface area contributed by atoms with Crippen LogP contribution in [0.4, 0.5) is 16.6 Å². The molecule has 0 aliphatic heterocycles. The van der Waals surface area contributed by atoms with Crippen LogP contribution in [0.25, 0.3) is 0 Å². The minimum absolute atomic E-state index is 0.582. The summed E-state index contributed by atoms with van der Waals surface area (Å²) in [4.78, 5) is 4.89. The molecule has 0 bridgehead atoms. The van der Waals surface area contributed by atoms with Gasteiger partial charge in [-0.1, -0.05) is 30.4 Å². The van der Waals surface area contributed by atoms with Gasteiger partial charge in [-0.15, -0.1) is 0 Å². The van der Waals surface area contributed by atoms with E-state index in [2.05, 4.69) is 40.7 Å². The number of aryl methyl sites for hydroxylation is 1. The van der Waals surface area contributed by atoms with Crippen molar-refractivity contribution in [2.75, 3.05) is 17.7 Å². The highest BCUT2D eigenvalue weighted by atomic mass is 32.1. The average Bonchev–Trinajstić information content (AvgIpc) is 2.82. The number of hydrogen-bond donors (Lipinski definition) is 2. The molecular formula is C13H14N4S. The maximum atomic E-state index is 9.04. The van der Waals surface area contributed by atoms with Gasteiger partial charge in [0.15, 0.2) is 15.8 Å². The van der Waals surface area contributed by atoms with Gasteiger partial charge in [-0.3, -0.25) is 0 Å². The largest absolute Gasteiger partial charge is 0.364 e. The fraction of sp³-hybridized carbons (Fsp3) is 0.231. The third-order valence-electron chi connectivity index (χ3n) is 2.57. The first-order chi connectivity index (χ1) is 8.76. The molecule has 0 aliphatic rings. The predicted octanol–water partition coefficient (Wildman–Crippen LogP) is 3.36. The van der Waals surface area contributed by atoms with Gasteiger partial charge in [0.2, 0.25) is 0 Å². The number of nitrogens with one attached hydrogen (secondary N) is 2. The molecule has 2 N–H and O–H groups in total. The van der Waals surface area contributed by atoms with Gasteiger partial charge in [-0.25, -0.2) is 4.98 Å². The molecule has 0 fully saturated rings. The van der Waals surface area contributed by atoms with Crippen molar-refractivity contribution in [3.63, 3.8) is 0 Å². The van der Waals surface area contributed by atoms with Crippen LogP contribution in [0.15, 0.2) is 24.3 Å². The van der Waals surface area contributed by atoms with Gasteiger partial charge in [-0.05, 0) is 24.1 Å². The van der Waals surface area contributed by atoms with Crippen LogP contribution in [0.2, 0.25) is 0 Å². The molecule has 0 atom stereocenters. The fourth-order valence-corrected chi connectivity index (χ4v) is 2.22. The van der Waals surface area contributed by atoms with Crippen molar-refractivity contribution in [3.05, 3.63) is 34.7 Å². The van der Waals surface area contributed by atoms with Crippen molar-refractivity contribution in [1.29, 1.82) is 5.26 Å². The van der Waals surface area contributed by atoms with E-state index in [-0.39, 0.29) is 0 Å². The number of benzene rings is 1. The van der Waals surface area contributed by atoms with Gasteiger partial charge in [-0.2, -0.15) is 5.26 Å². The monoisotopic (exact) mass is 258 g/mol. The van der Waals surface area contributed by atoms with E-state index in [4.69, 9.17) is 5.26 Å². The lowest BCUT2D eigenvalue weighted by Crippen LogP contribution is -1.94. The molecule has 1 heterocycles. The molecule has 5 heteroatoms. The molecule has 0 aliphatic carbocycles. The van der Waals surface area contributed by atoms with Gasteiger partial charge in [0.25, 0.3) is 0 Å². The summed E-state index contributed by atoms with van der Waals surface area (Å²) in [7, 11) is 1.79. The van der Waals surface area contributed by atoms with Crippen LogP contribution in [0.3, 0.4) is 0 Å². The van der Waals surface area contributed by atoms with E-state index in [0.29, 0.717) is 10.7 Å². The summed E-state index contributed by atoms with van der Waals surface area (Å²) in [6.45, 7) is 2.12. The number of aromatic nitrogens is 1. The SMILES string of the molecule is CCc1ccc(Nc2nc(NC)sc2C#N)cc1. The van der Waals surface area contributed by atoms with Crippen LogP contribution in [0.1, 0.15) is 17.4 Å². The summed E-state index contributed by atoms with van der Waals surface area (Å²) in [5.74, 6) is 0.607. The molecule has 2 aromatic rings. The Labute approximate surface area is 110 Å². The van der Waals surface area contributed by atoms with E-state index in [0.717, 1.165) is 17.2 Å². The smallest absolute Gasteiger partial charge is 0.185 e. The Hall–Kier alpha value is -2.06. The number of anilines is 3. The molecule has 92 valence electrons. The highest BCUT2D eigenvalue weighted by Crippen LogP contribution is 2.28. The van der Waals surface area contributed by atoms with E-state index in [1.165, 1.54) is 16.9 Å². The number of thiazole rings is 1. The Balaban J connectivity index is 2.22. The molecule has 1 aromatic heterocycles. The van der Waals surface area contributed by atoms with Gasteiger partial charge in [0.05, 0.1) is 0 Å². The fourth-order valence-electron chi connectivity index (χ4n) is 1.55. The number of hydrogen-bond acceptors (Lipinski definition) is 5. The molecule has 0 radical (unpaired) electrons. The van der Waals surface area contributed by atoms with Gasteiger partial charge < -0.3 is 10.6 Å². The minimum Gasteiger partial charge on any atom is -0.364 e. The third kappa shape index (κ3) is 2.60. The molecule has 4 nitrogen and oxygen atoms in total. The summed E-state index contributed by atoms with van der Waals surface area (Å²) in [5.41, 5.74) is 2.23. The Morgan fingerprint density at radius 3 is 2.61 bits per heavy atom. The van der Waals surface area contributed by atoms with E-state index in [1.807, 2.05) is 12.1 Å². The molecule has 0 saturated carbocycles. The first-order valence-corrected chi connectivity index (χ1v) is 6.53. The highest BCUT2D eigenvalue weighted by Gasteiger charge is 2.09. The van der Waals surface area contributed by atoms with Crippen LogP contribution in [-0.2, 0) is 6.42 Å². The minimum atomic E-state index is 0.582. The molecular weight excluding hydrogens is 244 g/mol. The van der Waals surface area contributed by atoms with Crippen molar-refractivity contribution >= 4 is 28.0 Å². The molecule has 18 heavy (non-hydrogen) atoms. The van der Waals surface area contributed by atoms with Crippen molar-refractivity contribution in [1.82, 2.24) is 4.98 Å². The van der Waals surface area contributed by atoms with Crippen LogP contribution in [-0.4, -0.2) is 12.0 Å². The lowest BCUT2D eigenvalue weighted by atomic mass is 10.1. The quantitative estimate of drug-likeness (QED) is 0.882. The van der Waals surface area contributed by atoms with E-state index < -0.39 is 0 Å². The Bertz CT molecular complexity index is 566. The molecule has 2 rings (SSSR count). The van der Waals surface area contributed by atoms with Crippen LogP contribution < -0.4 is 10.6 Å². The summed E-state index contributed by atoms with van der Waals surface area (Å²) in [6.07, 6.45) is 1.02. The second-order valence-electron chi connectivity index (χ2n) is 3.73. The van der Waals surface area contributed by atoms with Crippen LogP contribution >= 0.6 is 11.3 Å². The lowest BCUT2D eigenvalue weighted by molar-refractivity contribution is 1.14. The van der Waals surface area contributed by atoms with E-state index in [9.17, 15) is 0 Å². The number of nitriles is 1.